The molecular weight excluding hydrogens is 361 g/mol. The van der Waals surface area contributed by atoms with Gasteiger partial charge >= 0.3 is 11.9 Å². The molecule has 0 aliphatic heterocycles. The number of nitrogens with zero attached hydrogens (tertiary/aromatic N) is 1. The molecule has 28 heavy (non-hydrogen) atoms. The Morgan fingerprint density at radius 2 is 1.68 bits per heavy atom. The Balaban J connectivity index is 1.99. The summed E-state index contributed by atoms with van der Waals surface area (Å²) < 4.78 is 15.4. The van der Waals surface area contributed by atoms with Crippen molar-refractivity contribution in [3.63, 3.8) is 0 Å². The number of aliphatic carboxylic acids is 1. The van der Waals surface area contributed by atoms with Gasteiger partial charge in [0.25, 0.3) is 0 Å². The Morgan fingerprint density at radius 1 is 0.929 bits per heavy atom. The van der Waals surface area contributed by atoms with Gasteiger partial charge in [0.2, 0.25) is 0 Å². The predicted molar refractivity (Wildman–Crippen MR) is 103 cm³/mol. The molecule has 6 heteroatoms. The van der Waals surface area contributed by atoms with Crippen LogP contribution in [-0.2, 0) is 17.8 Å². The molecule has 0 unspecified atom stereocenters. The first-order valence-electron chi connectivity index (χ1n) is 8.68. The van der Waals surface area contributed by atoms with Gasteiger partial charge in [0.1, 0.15) is 11.5 Å². The third kappa shape index (κ3) is 2.99. The van der Waals surface area contributed by atoms with E-state index in [1.54, 1.807) is 4.57 Å². The van der Waals surface area contributed by atoms with Crippen LogP contribution >= 0.6 is 0 Å². The molecule has 0 aliphatic carbocycles. The normalized spacial score (nSPS) is 11.2. The molecule has 0 amide bonds. The second-order valence-corrected chi connectivity index (χ2v) is 6.59. The molecule has 0 bridgehead atoms. The zero-order valence-electron chi connectivity index (χ0n) is 14.7. The van der Waals surface area contributed by atoms with E-state index >= 15 is 0 Å². The van der Waals surface area contributed by atoms with Gasteiger partial charge in [0.05, 0.1) is 6.42 Å². The highest BCUT2D eigenvalue weighted by Gasteiger charge is 2.24. The molecule has 0 radical (unpaired) electrons. The van der Waals surface area contributed by atoms with Crippen molar-refractivity contribution < 1.29 is 24.2 Å². The predicted octanol–water partition coefficient (Wildman–Crippen LogP) is 4.31. The first kappa shape index (κ1) is 17.7. The van der Waals surface area contributed by atoms with E-state index in [9.17, 15) is 24.2 Å². The van der Waals surface area contributed by atoms with Gasteiger partial charge in [-0.15, -0.1) is 0 Å². The molecule has 140 valence electrons. The van der Waals surface area contributed by atoms with Crippen LogP contribution in [0.2, 0.25) is 0 Å². The lowest BCUT2D eigenvalue weighted by molar-refractivity contribution is -0.136. The van der Waals surface area contributed by atoms with Gasteiger partial charge in [-0.2, -0.15) is 0 Å². The fourth-order valence-electron chi connectivity index (χ4n) is 3.74. The highest BCUT2D eigenvalue weighted by Crippen LogP contribution is 2.30. The van der Waals surface area contributed by atoms with E-state index in [4.69, 9.17) is 0 Å². The molecule has 3 aromatic carbocycles. The maximum Gasteiger partial charge on any atom is 0.352 e. The third-order valence-corrected chi connectivity index (χ3v) is 4.87. The number of hydrogen-bond donors (Lipinski definition) is 2. The largest absolute Gasteiger partial charge is 0.481 e. The first-order valence-corrected chi connectivity index (χ1v) is 8.68. The number of aromatic carboxylic acids is 1. The average Bonchev–Trinajstić information content (AvgIpc) is 2.94. The summed E-state index contributed by atoms with van der Waals surface area (Å²) in [6.07, 6.45) is -0.496. The van der Waals surface area contributed by atoms with Crippen molar-refractivity contribution in [3.8, 4) is 0 Å². The molecule has 0 fully saturated rings. The Kier molecular flexibility index (Phi) is 4.31. The Hall–Kier alpha value is -3.67. The van der Waals surface area contributed by atoms with E-state index in [1.165, 1.54) is 18.2 Å². The van der Waals surface area contributed by atoms with Crippen LogP contribution in [0.4, 0.5) is 4.39 Å². The highest BCUT2D eigenvalue weighted by molar-refractivity contribution is 6.00. The molecular formula is C22H16FNO4. The lowest BCUT2D eigenvalue weighted by Crippen LogP contribution is -2.13. The quantitative estimate of drug-likeness (QED) is 0.543. The number of benzene rings is 3. The molecule has 4 rings (SSSR count). The van der Waals surface area contributed by atoms with E-state index in [-0.39, 0.29) is 17.8 Å². The number of carboxylic acid groups (broad SMARTS) is 2. The second-order valence-electron chi connectivity index (χ2n) is 6.59. The smallest absolute Gasteiger partial charge is 0.352 e. The van der Waals surface area contributed by atoms with Crippen LogP contribution < -0.4 is 0 Å². The summed E-state index contributed by atoms with van der Waals surface area (Å²) in [7, 11) is 0. The Bertz CT molecular complexity index is 1240. The Labute approximate surface area is 159 Å². The van der Waals surface area contributed by atoms with Crippen LogP contribution in [0, 0.1) is 5.82 Å². The average molecular weight is 377 g/mol. The maximum absolute atomic E-state index is 13.8. The minimum absolute atomic E-state index is 0.106. The van der Waals surface area contributed by atoms with Crippen molar-refractivity contribution in [2.45, 2.75) is 13.0 Å². The summed E-state index contributed by atoms with van der Waals surface area (Å²) in [5, 5.41) is 21.4. The third-order valence-electron chi connectivity index (χ3n) is 4.87. The van der Waals surface area contributed by atoms with Gasteiger partial charge in [-0.05, 0) is 34.5 Å². The fourth-order valence-corrected chi connectivity index (χ4v) is 3.74. The molecule has 5 nitrogen and oxygen atoms in total. The van der Waals surface area contributed by atoms with Gasteiger partial charge in [0.15, 0.2) is 0 Å². The summed E-state index contributed by atoms with van der Waals surface area (Å²) >= 11 is 0. The van der Waals surface area contributed by atoms with Gasteiger partial charge in [-0.3, -0.25) is 4.79 Å². The zero-order chi connectivity index (χ0) is 19.8. The van der Waals surface area contributed by atoms with E-state index in [0.29, 0.717) is 10.9 Å². The summed E-state index contributed by atoms with van der Waals surface area (Å²) in [6.45, 7) is 0.227. The number of rotatable bonds is 5. The number of hydrogen-bond acceptors (Lipinski definition) is 2. The molecule has 0 spiro atoms. The molecule has 2 N–H and O–H groups in total. The van der Waals surface area contributed by atoms with Crippen LogP contribution in [0.3, 0.4) is 0 Å². The van der Waals surface area contributed by atoms with Crippen LogP contribution in [0.25, 0.3) is 21.7 Å². The van der Waals surface area contributed by atoms with E-state index in [1.807, 2.05) is 42.5 Å². The van der Waals surface area contributed by atoms with Crippen molar-refractivity contribution in [1.82, 2.24) is 4.57 Å². The molecule has 0 aliphatic rings. The minimum atomic E-state index is -1.24. The number of halogens is 1. The van der Waals surface area contributed by atoms with Gasteiger partial charge in [-0.25, -0.2) is 9.18 Å². The fraction of sp³-hybridized carbons (Fsp3) is 0.0909. The molecule has 1 aromatic heterocycles. The van der Waals surface area contributed by atoms with Gasteiger partial charge < -0.3 is 14.8 Å². The van der Waals surface area contributed by atoms with Crippen molar-refractivity contribution in [2.24, 2.45) is 0 Å². The molecule has 1 heterocycles. The van der Waals surface area contributed by atoms with Gasteiger partial charge in [0, 0.05) is 23.0 Å². The highest BCUT2D eigenvalue weighted by atomic mass is 19.1. The van der Waals surface area contributed by atoms with Gasteiger partial charge in [-0.1, -0.05) is 42.5 Å². The molecule has 0 saturated carbocycles. The SMILES string of the molecule is O=C(O)Cc1c(C(=O)O)n(Cc2cccc3ccccc23)c2ccc(F)cc12. The monoisotopic (exact) mass is 377 g/mol. The van der Waals surface area contributed by atoms with E-state index < -0.39 is 24.2 Å². The molecule has 0 saturated heterocycles. The van der Waals surface area contributed by atoms with Crippen molar-refractivity contribution >= 4 is 33.6 Å². The lowest BCUT2D eigenvalue weighted by atomic mass is 10.0. The van der Waals surface area contributed by atoms with Crippen LogP contribution in [0.5, 0.6) is 0 Å². The number of carboxylic acids is 2. The standard InChI is InChI=1S/C22H16FNO4/c23-15-8-9-19-17(10-15)18(11-20(25)26)21(22(27)28)24(19)12-14-6-3-5-13-4-1-2-7-16(13)14/h1-10H,11-12H2,(H,25,26)(H,27,28). The Morgan fingerprint density at radius 3 is 2.43 bits per heavy atom. The summed E-state index contributed by atoms with van der Waals surface area (Å²) in [5.74, 6) is -2.96. The number of carbonyl (C=O) groups is 2. The van der Waals surface area contributed by atoms with E-state index in [0.717, 1.165) is 16.3 Å². The minimum Gasteiger partial charge on any atom is -0.481 e. The van der Waals surface area contributed by atoms with Crippen molar-refractivity contribution in [3.05, 3.63) is 83.3 Å². The van der Waals surface area contributed by atoms with Crippen LogP contribution in [-0.4, -0.2) is 26.7 Å². The second kappa shape index (κ2) is 6.81. The summed E-state index contributed by atoms with van der Waals surface area (Å²) in [5.41, 5.74) is 1.36. The lowest BCUT2D eigenvalue weighted by Gasteiger charge is -2.12. The molecule has 0 atom stereocenters. The van der Waals surface area contributed by atoms with Crippen molar-refractivity contribution in [1.29, 1.82) is 0 Å². The van der Waals surface area contributed by atoms with Crippen molar-refractivity contribution in [2.75, 3.05) is 0 Å². The topological polar surface area (TPSA) is 79.5 Å². The van der Waals surface area contributed by atoms with E-state index in [2.05, 4.69) is 0 Å². The maximum atomic E-state index is 13.8. The number of fused-ring (bicyclic) bond motifs is 2. The number of aromatic nitrogens is 1. The molecule has 4 aromatic rings. The first-order chi connectivity index (χ1) is 13.5. The summed E-state index contributed by atoms with van der Waals surface area (Å²) in [4.78, 5) is 23.3. The summed E-state index contributed by atoms with van der Waals surface area (Å²) in [6, 6.07) is 17.4. The van der Waals surface area contributed by atoms with Crippen LogP contribution in [0.15, 0.2) is 60.7 Å². The van der Waals surface area contributed by atoms with Crippen LogP contribution in [0.1, 0.15) is 21.6 Å². The zero-order valence-corrected chi connectivity index (χ0v) is 14.7.